The van der Waals surface area contributed by atoms with E-state index in [0.29, 0.717) is 0 Å². The van der Waals surface area contributed by atoms with Crippen LogP contribution in [0.4, 0.5) is 0 Å². The molecular weight excluding hydrogens is 230 g/mol. The first-order chi connectivity index (χ1) is 7.83. The number of thioether (sulfide) groups is 1. The molecule has 4 heteroatoms. The fourth-order valence-electron chi connectivity index (χ4n) is 1.61. The van der Waals surface area contributed by atoms with Crippen LogP contribution < -0.4 is 5.32 Å². The Hall–Kier alpha value is -0.610. The van der Waals surface area contributed by atoms with Crippen molar-refractivity contribution < 1.29 is 0 Å². The van der Waals surface area contributed by atoms with E-state index in [1.54, 1.807) is 11.8 Å². The van der Waals surface area contributed by atoms with Crippen LogP contribution in [0.5, 0.6) is 0 Å². The Kier molecular flexibility index (Phi) is 4.95. The van der Waals surface area contributed by atoms with E-state index in [2.05, 4.69) is 56.2 Å². The van der Waals surface area contributed by atoms with E-state index >= 15 is 0 Å². The maximum Gasteiger partial charge on any atom is 0.138 e. The van der Waals surface area contributed by atoms with Crippen LogP contribution >= 0.6 is 11.8 Å². The third-order valence-electron chi connectivity index (χ3n) is 2.54. The van der Waals surface area contributed by atoms with E-state index in [4.69, 9.17) is 0 Å². The molecule has 0 aliphatic rings. The van der Waals surface area contributed by atoms with Crippen molar-refractivity contribution in [3.05, 3.63) is 22.8 Å². The van der Waals surface area contributed by atoms with Crippen LogP contribution in [0.2, 0.25) is 0 Å². The largest absolute Gasteiger partial charge is 0.308 e. The van der Waals surface area contributed by atoms with Crippen LogP contribution in [0.1, 0.15) is 43.5 Å². The third-order valence-corrected chi connectivity index (χ3v) is 3.08. The van der Waals surface area contributed by atoms with Crippen molar-refractivity contribution in [2.45, 2.75) is 52.5 Å². The van der Waals surface area contributed by atoms with E-state index in [-0.39, 0.29) is 5.54 Å². The molecule has 0 bridgehead atoms. The van der Waals surface area contributed by atoms with Crippen molar-refractivity contribution in [2.24, 2.45) is 0 Å². The van der Waals surface area contributed by atoms with Gasteiger partial charge in [-0.25, -0.2) is 9.97 Å². The molecule has 96 valence electrons. The van der Waals surface area contributed by atoms with Crippen LogP contribution in [0.15, 0.2) is 0 Å². The maximum absolute atomic E-state index is 4.55. The van der Waals surface area contributed by atoms with Gasteiger partial charge in [0.15, 0.2) is 0 Å². The molecule has 0 radical (unpaired) electrons. The lowest BCUT2D eigenvalue weighted by Crippen LogP contribution is -2.35. The Labute approximate surface area is 109 Å². The number of aromatic nitrogens is 2. The van der Waals surface area contributed by atoms with Crippen molar-refractivity contribution in [3.8, 4) is 0 Å². The number of rotatable bonds is 4. The molecule has 1 N–H and O–H groups in total. The summed E-state index contributed by atoms with van der Waals surface area (Å²) in [6.45, 7) is 11.5. The van der Waals surface area contributed by atoms with Gasteiger partial charge in [-0.3, -0.25) is 0 Å². The van der Waals surface area contributed by atoms with E-state index in [1.807, 2.05) is 0 Å². The Morgan fingerprint density at radius 1 is 1.12 bits per heavy atom. The minimum Gasteiger partial charge on any atom is -0.308 e. The topological polar surface area (TPSA) is 37.8 Å². The smallest absolute Gasteiger partial charge is 0.138 e. The van der Waals surface area contributed by atoms with E-state index < -0.39 is 0 Å². The van der Waals surface area contributed by atoms with Gasteiger partial charge in [0.1, 0.15) is 5.82 Å². The van der Waals surface area contributed by atoms with Gasteiger partial charge in [0, 0.05) is 29.0 Å². The second-order valence-electron chi connectivity index (χ2n) is 5.33. The summed E-state index contributed by atoms with van der Waals surface area (Å²) in [5, 5.41) is 3.49. The molecule has 1 rings (SSSR count). The SMILES string of the molecule is CSCc1nc(C)c(CNC(C)(C)C)c(C)n1. The van der Waals surface area contributed by atoms with Crippen LogP contribution in [0.3, 0.4) is 0 Å². The second-order valence-corrected chi connectivity index (χ2v) is 6.19. The average Bonchev–Trinajstić information content (AvgIpc) is 2.14. The molecular formula is C13H23N3S. The molecule has 3 nitrogen and oxygen atoms in total. The highest BCUT2D eigenvalue weighted by Gasteiger charge is 2.13. The number of nitrogens with zero attached hydrogens (tertiary/aromatic N) is 2. The molecule has 0 aromatic carbocycles. The van der Waals surface area contributed by atoms with Crippen LogP contribution in [0.25, 0.3) is 0 Å². The summed E-state index contributed by atoms with van der Waals surface area (Å²) in [6, 6.07) is 0. The highest BCUT2D eigenvalue weighted by atomic mass is 32.2. The number of hydrogen-bond donors (Lipinski definition) is 1. The molecule has 0 saturated heterocycles. The molecule has 1 aromatic heterocycles. The van der Waals surface area contributed by atoms with Crippen molar-refractivity contribution in [3.63, 3.8) is 0 Å². The van der Waals surface area contributed by atoms with Gasteiger partial charge in [0.25, 0.3) is 0 Å². The lowest BCUT2D eigenvalue weighted by atomic mass is 10.1. The predicted molar refractivity (Wildman–Crippen MR) is 75.3 cm³/mol. The summed E-state index contributed by atoms with van der Waals surface area (Å²) in [6.07, 6.45) is 2.07. The third kappa shape index (κ3) is 4.64. The van der Waals surface area contributed by atoms with Crippen molar-refractivity contribution in [1.29, 1.82) is 0 Å². The van der Waals surface area contributed by atoms with Gasteiger partial charge in [-0.1, -0.05) is 0 Å². The molecule has 0 atom stereocenters. The molecule has 1 aromatic rings. The first kappa shape index (κ1) is 14.5. The molecule has 0 unspecified atom stereocenters. The van der Waals surface area contributed by atoms with Gasteiger partial charge in [0.05, 0.1) is 5.75 Å². The summed E-state index contributed by atoms with van der Waals surface area (Å²) in [5.41, 5.74) is 3.54. The zero-order valence-electron chi connectivity index (χ0n) is 11.7. The molecule has 17 heavy (non-hydrogen) atoms. The second kappa shape index (κ2) is 5.83. The molecule has 0 spiro atoms. The highest BCUT2D eigenvalue weighted by molar-refractivity contribution is 7.97. The van der Waals surface area contributed by atoms with Gasteiger partial charge < -0.3 is 5.32 Å². The number of hydrogen-bond acceptors (Lipinski definition) is 4. The predicted octanol–water partition coefficient (Wildman–Crippen LogP) is 2.84. The van der Waals surface area contributed by atoms with Crippen LogP contribution in [-0.2, 0) is 12.3 Å². The van der Waals surface area contributed by atoms with E-state index in [9.17, 15) is 0 Å². The van der Waals surface area contributed by atoms with Crippen molar-refractivity contribution in [2.75, 3.05) is 6.26 Å². The lowest BCUT2D eigenvalue weighted by molar-refractivity contribution is 0.422. The van der Waals surface area contributed by atoms with Crippen LogP contribution in [-0.4, -0.2) is 21.8 Å². The molecule has 0 amide bonds. The van der Waals surface area contributed by atoms with Gasteiger partial charge in [-0.2, -0.15) is 11.8 Å². The number of aryl methyl sites for hydroxylation is 2. The quantitative estimate of drug-likeness (QED) is 0.895. The minimum atomic E-state index is 0.122. The summed E-state index contributed by atoms with van der Waals surface area (Å²) in [5.74, 6) is 1.82. The highest BCUT2D eigenvalue weighted by Crippen LogP contribution is 2.14. The summed E-state index contributed by atoms with van der Waals surface area (Å²) < 4.78 is 0. The molecule has 0 aliphatic heterocycles. The van der Waals surface area contributed by atoms with Gasteiger partial charge in [-0.15, -0.1) is 0 Å². The summed E-state index contributed by atoms with van der Waals surface area (Å²) in [4.78, 5) is 9.10. The van der Waals surface area contributed by atoms with E-state index in [1.165, 1.54) is 5.56 Å². The fraction of sp³-hybridized carbons (Fsp3) is 0.692. The Morgan fingerprint density at radius 2 is 1.65 bits per heavy atom. The molecule has 0 saturated carbocycles. The zero-order chi connectivity index (χ0) is 13.1. The number of nitrogens with one attached hydrogen (secondary N) is 1. The Morgan fingerprint density at radius 3 is 2.06 bits per heavy atom. The Balaban J connectivity index is 2.86. The van der Waals surface area contributed by atoms with Gasteiger partial charge >= 0.3 is 0 Å². The summed E-state index contributed by atoms with van der Waals surface area (Å²) in [7, 11) is 0. The zero-order valence-corrected chi connectivity index (χ0v) is 12.5. The van der Waals surface area contributed by atoms with Crippen molar-refractivity contribution >= 4 is 11.8 Å². The standard InChI is InChI=1S/C13H23N3S/c1-9-11(7-14-13(3,4)5)10(2)16-12(15-9)8-17-6/h14H,7-8H2,1-6H3. The normalized spacial score (nSPS) is 11.9. The summed E-state index contributed by atoms with van der Waals surface area (Å²) >= 11 is 1.75. The minimum absolute atomic E-state index is 0.122. The van der Waals surface area contributed by atoms with Crippen LogP contribution in [0, 0.1) is 13.8 Å². The molecule has 0 fully saturated rings. The lowest BCUT2D eigenvalue weighted by Gasteiger charge is -2.21. The Bertz CT molecular complexity index is 360. The monoisotopic (exact) mass is 253 g/mol. The average molecular weight is 253 g/mol. The van der Waals surface area contributed by atoms with Gasteiger partial charge in [-0.05, 0) is 40.9 Å². The first-order valence-electron chi connectivity index (χ1n) is 5.90. The maximum atomic E-state index is 4.55. The van der Waals surface area contributed by atoms with Gasteiger partial charge in [0.2, 0.25) is 0 Å². The fourth-order valence-corrected chi connectivity index (χ4v) is 2.00. The first-order valence-corrected chi connectivity index (χ1v) is 7.30. The molecule has 0 aliphatic carbocycles. The van der Waals surface area contributed by atoms with E-state index in [0.717, 1.165) is 29.5 Å². The van der Waals surface area contributed by atoms with Crippen molar-refractivity contribution in [1.82, 2.24) is 15.3 Å². The molecule has 1 heterocycles.